The van der Waals surface area contributed by atoms with Gasteiger partial charge in [0, 0.05) is 0 Å². The first-order valence-corrected chi connectivity index (χ1v) is 4.53. The molecule has 3 N–H and O–H groups in total. The van der Waals surface area contributed by atoms with E-state index >= 15 is 0 Å². The summed E-state index contributed by atoms with van der Waals surface area (Å²) in [5.41, 5.74) is 4.50. The summed E-state index contributed by atoms with van der Waals surface area (Å²) in [5.74, 6) is -0.919. The summed E-state index contributed by atoms with van der Waals surface area (Å²) in [5, 5.41) is 8.71. The number of nitrogens with two attached hydrogens (primary N) is 1. The maximum atomic E-state index is 10.6. The first-order valence-electron chi connectivity index (χ1n) is 4.53. The van der Waals surface area contributed by atoms with Gasteiger partial charge in [0.2, 0.25) is 0 Å². The van der Waals surface area contributed by atoms with E-state index in [2.05, 4.69) is 4.90 Å². The zero-order valence-electron chi connectivity index (χ0n) is 8.71. The van der Waals surface area contributed by atoms with Gasteiger partial charge in [-0.25, -0.2) is 0 Å². The minimum absolute atomic E-state index is 0.538. The molecule has 0 unspecified atom stereocenters. The van der Waals surface area contributed by atoms with Crippen molar-refractivity contribution in [3.63, 3.8) is 0 Å². The lowest BCUT2D eigenvalue weighted by Crippen LogP contribution is -2.44. The van der Waals surface area contributed by atoms with E-state index in [0.717, 1.165) is 19.4 Å². The molecule has 0 rings (SSSR count). The van der Waals surface area contributed by atoms with Gasteiger partial charge in [-0.2, -0.15) is 0 Å². The highest BCUT2D eigenvalue weighted by molar-refractivity contribution is 5.77. The monoisotopic (exact) mass is 188 g/mol. The molecule has 1 atom stereocenters. The summed E-state index contributed by atoms with van der Waals surface area (Å²) < 4.78 is 0. The number of hydrogen-bond donors (Lipinski definition) is 2. The van der Waals surface area contributed by atoms with Gasteiger partial charge in [-0.05, 0) is 46.8 Å². The van der Waals surface area contributed by atoms with Crippen molar-refractivity contribution in [2.24, 2.45) is 5.73 Å². The third-order valence-electron chi connectivity index (χ3n) is 2.04. The van der Waals surface area contributed by atoms with Crippen molar-refractivity contribution in [3.8, 4) is 0 Å². The van der Waals surface area contributed by atoms with Crippen LogP contribution in [0.15, 0.2) is 0 Å². The maximum Gasteiger partial charge on any atom is 0.323 e. The molecule has 4 heteroatoms. The molecule has 0 radical (unpaired) electrons. The van der Waals surface area contributed by atoms with Crippen LogP contribution in [0.4, 0.5) is 0 Å². The van der Waals surface area contributed by atoms with Crippen LogP contribution < -0.4 is 5.73 Å². The summed E-state index contributed by atoms with van der Waals surface area (Å²) in [4.78, 5) is 12.7. The van der Waals surface area contributed by atoms with Crippen molar-refractivity contribution in [1.82, 2.24) is 4.90 Å². The minimum atomic E-state index is -1.06. The molecule has 78 valence electrons. The fraction of sp³-hybridized carbons (Fsp3) is 0.889. The highest BCUT2D eigenvalue weighted by atomic mass is 16.4. The van der Waals surface area contributed by atoms with Crippen molar-refractivity contribution in [2.75, 3.05) is 20.6 Å². The van der Waals surface area contributed by atoms with E-state index in [4.69, 9.17) is 10.8 Å². The number of unbranched alkanes of at least 4 members (excludes halogenated alkanes) is 1. The molecule has 0 saturated carbocycles. The molecule has 0 amide bonds. The number of rotatable bonds is 6. The Morgan fingerprint density at radius 1 is 1.46 bits per heavy atom. The van der Waals surface area contributed by atoms with Crippen LogP contribution in [0.1, 0.15) is 26.2 Å². The van der Waals surface area contributed by atoms with Gasteiger partial charge in [0.05, 0.1) is 0 Å². The van der Waals surface area contributed by atoms with Crippen LogP contribution in [-0.4, -0.2) is 42.2 Å². The molecule has 0 spiro atoms. The number of carboxylic acid groups (broad SMARTS) is 1. The smallest absolute Gasteiger partial charge is 0.323 e. The number of hydrogen-bond acceptors (Lipinski definition) is 3. The van der Waals surface area contributed by atoms with Gasteiger partial charge in [-0.3, -0.25) is 4.79 Å². The SMILES string of the molecule is CN(C)CCCC[C@](C)(N)C(=O)O. The van der Waals surface area contributed by atoms with Gasteiger partial charge in [-0.1, -0.05) is 0 Å². The molecule has 0 aliphatic heterocycles. The lowest BCUT2D eigenvalue weighted by molar-refractivity contribution is -0.142. The summed E-state index contributed by atoms with van der Waals surface area (Å²) in [6.07, 6.45) is 2.39. The van der Waals surface area contributed by atoms with Gasteiger partial charge in [0.15, 0.2) is 0 Å². The van der Waals surface area contributed by atoms with Crippen LogP contribution in [-0.2, 0) is 4.79 Å². The van der Waals surface area contributed by atoms with E-state index in [1.807, 2.05) is 14.1 Å². The van der Waals surface area contributed by atoms with Crippen LogP contribution in [0.2, 0.25) is 0 Å². The van der Waals surface area contributed by atoms with Gasteiger partial charge in [0.25, 0.3) is 0 Å². The summed E-state index contributed by atoms with van der Waals surface area (Å²) in [6, 6.07) is 0. The Hall–Kier alpha value is -0.610. The molecule has 0 saturated heterocycles. The highest BCUT2D eigenvalue weighted by Crippen LogP contribution is 2.10. The summed E-state index contributed by atoms with van der Waals surface area (Å²) in [6.45, 7) is 2.54. The Kier molecular flexibility index (Phi) is 4.95. The number of nitrogens with zero attached hydrogens (tertiary/aromatic N) is 1. The standard InChI is InChI=1S/C9H20N2O2/c1-9(10,8(12)13)6-4-5-7-11(2)3/h4-7,10H2,1-3H3,(H,12,13)/t9-/m0/s1. The molecule has 0 aromatic rings. The first-order chi connectivity index (χ1) is 5.86. The van der Waals surface area contributed by atoms with E-state index in [0.29, 0.717) is 6.42 Å². The van der Waals surface area contributed by atoms with Crippen molar-refractivity contribution in [2.45, 2.75) is 31.7 Å². The fourth-order valence-electron chi connectivity index (χ4n) is 1.03. The largest absolute Gasteiger partial charge is 0.480 e. The van der Waals surface area contributed by atoms with E-state index in [9.17, 15) is 4.79 Å². The van der Waals surface area contributed by atoms with Crippen molar-refractivity contribution < 1.29 is 9.90 Å². The Labute approximate surface area is 79.7 Å². The Morgan fingerprint density at radius 3 is 2.38 bits per heavy atom. The zero-order valence-corrected chi connectivity index (χ0v) is 8.71. The van der Waals surface area contributed by atoms with Crippen molar-refractivity contribution >= 4 is 5.97 Å². The Bertz CT molecular complexity index is 167. The second-order valence-corrected chi connectivity index (χ2v) is 3.98. The van der Waals surface area contributed by atoms with Gasteiger partial charge in [0.1, 0.15) is 5.54 Å². The van der Waals surface area contributed by atoms with Crippen LogP contribution >= 0.6 is 0 Å². The number of aliphatic carboxylic acids is 1. The number of carbonyl (C=O) groups is 1. The molecular formula is C9H20N2O2. The van der Waals surface area contributed by atoms with Crippen molar-refractivity contribution in [3.05, 3.63) is 0 Å². The maximum absolute atomic E-state index is 10.6. The van der Waals surface area contributed by atoms with Gasteiger partial charge < -0.3 is 15.7 Å². The van der Waals surface area contributed by atoms with E-state index < -0.39 is 11.5 Å². The first kappa shape index (κ1) is 12.4. The minimum Gasteiger partial charge on any atom is -0.480 e. The van der Waals surface area contributed by atoms with Crippen molar-refractivity contribution in [1.29, 1.82) is 0 Å². The van der Waals surface area contributed by atoms with Crippen LogP contribution in [0, 0.1) is 0 Å². The third kappa shape index (κ3) is 5.60. The predicted octanol–water partition coefficient (Wildman–Crippen LogP) is 0.520. The van der Waals surface area contributed by atoms with Gasteiger partial charge in [-0.15, -0.1) is 0 Å². The summed E-state index contributed by atoms with van der Waals surface area (Å²) >= 11 is 0. The molecule has 0 aromatic heterocycles. The molecular weight excluding hydrogens is 168 g/mol. The predicted molar refractivity (Wildman–Crippen MR) is 52.6 cm³/mol. The fourth-order valence-corrected chi connectivity index (χ4v) is 1.03. The lowest BCUT2D eigenvalue weighted by Gasteiger charge is -2.19. The third-order valence-corrected chi connectivity index (χ3v) is 2.04. The lowest BCUT2D eigenvalue weighted by atomic mass is 9.96. The van der Waals surface area contributed by atoms with Gasteiger partial charge >= 0.3 is 5.97 Å². The van der Waals surface area contributed by atoms with E-state index in [1.165, 1.54) is 0 Å². The molecule has 13 heavy (non-hydrogen) atoms. The molecule has 0 bridgehead atoms. The second kappa shape index (κ2) is 5.19. The quantitative estimate of drug-likeness (QED) is 0.596. The number of carboxylic acids is 1. The molecule has 0 aromatic carbocycles. The molecule has 4 nitrogen and oxygen atoms in total. The second-order valence-electron chi connectivity index (χ2n) is 3.98. The average molecular weight is 188 g/mol. The normalized spacial score (nSPS) is 15.8. The Balaban J connectivity index is 3.58. The topological polar surface area (TPSA) is 66.6 Å². The van der Waals surface area contributed by atoms with Crippen LogP contribution in [0.5, 0.6) is 0 Å². The molecule has 0 heterocycles. The summed E-state index contributed by atoms with van der Waals surface area (Å²) in [7, 11) is 4.00. The van der Waals surface area contributed by atoms with E-state index in [1.54, 1.807) is 6.92 Å². The molecule has 0 aliphatic rings. The Morgan fingerprint density at radius 2 is 2.00 bits per heavy atom. The molecule has 0 aliphatic carbocycles. The highest BCUT2D eigenvalue weighted by Gasteiger charge is 2.26. The van der Waals surface area contributed by atoms with E-state index in [-0.39, 0.29) is 0 Å². The van der Waals surface area contributed by atoms with Crippen LogP contribution in [0.3, 0.4) is 0 Å². The van der Waals surface area contributed by atoms with Crippen LogP contribution in [0.25, 0.3) is 0 Å². The zero-order chi connectivity index (χ0) is 10.5. The average Bonchev–Trinajstić information content (AvgIpc) is 1.97. The molecule has 0 fully saturated rings.